The predicted octanol–water partition coefficient (Wildman–Crippen LogP) is 4.36. The average molecular weight is 433 g/mol. The first-order valence-electron chi connectivity index (χ1n) is 9.23. The monoisotopic (exact) mass is 433 g/mol. The van der Waals surface area contributed by atoms with Gasteiger partial charge >= 0.3 is 6.18 Å². The van der Waals surface area contributed by atoms with Crippen LogP contribution in [0.25, 0.3) is 0 Å². The normalized spacial score (nSPS) is 15.0. The molecule has 1 amide bonds. The number of anilines is 1. The van der Waals surface area contributed by atoms with Crippen LogP contribution in [0.1, 0.15) is 41.0 Å². The number of hydrogen-bond acceptors (Lipinski definition) is 5. The van der Waals surface area contributed by atoms with Gasteiger partial charge in [-0.2, -0.15) is 13.2 Å². The highest BCUT2D eigenvalue weighted by atomic mass is 32.2. The van der Waals surface area contributed by atoms with E-state index in [1.807, 2.05) is 6.07 Å². The summed E-state index contributed by atoms with van der Waals surface area (Å²) in [4.78, 5) is 13.0. The number of carbonyl (C=O) groups excluding carboxylic acids is 1. The van der Waals surface area contributed by atoms with Crippen molar-refractivity contribution in [1.29, 1.82) is 0 Å². The molecule has 1 aliphatic carbocycles. The van der Waals surface area contributed by atoms with E-state index in [-0.39, 0.29) is 11.6 Å². The van der Waals surface area contributed by atoms with E-state index in [1.165, 1.54) is 16.8 Å². The summed E-state index contributed by atoms with van der Waals surface area (Å²) in [6.07, 6.45) is -2.50. The van der Waals surface area contributed by atoms with E-state index < -0.39 is 22.9 Å². The van der Waals surface area contributed by atoms with E-state index in [0.29, 0.717) is 16.5 Å². The summed E-state index contributed by atoms with van der Waals surface area (Å²) in [6, 6.07) is 13.4. The maximum Gasteiger partial charge on any atom is 0.416 e. The molecule has 1 aromatic heterocycles. The third kappa shape index (κ3) is 4.43. The maximum absolute atomic E-state index is 13.0. The summed E-state index contributed by atoms with van der Waals surface area (Å²) in [6.45, 7) is 0. The molecule has 4 rings (SSSR count). The standard InChI is InChI=1S/C20H18F3N5OS/c21-20(22,23)14-7-4-8-15(11-14)25-18(29)16(12-5-2-1-3-6-12)30-19-27-26-17(28(19)24)13-9-10-13/h1-8,11,13,16H,9-10,24H2,(H,25,29)/t16-/m0/s1. The second-order valence-electron chi connectivity index (χ2n) is 6.96. The first kappa shape index (κ1) is 20.3. The molecule has 0 spiro atoms. The van der Waals surface area contributed by atoms with Crippen LogP contribution in [0.4, 0.5) is 18.9 Å². The Kier molecular flexibility index (Phi) is 5.42. The van der Waals surface area contributed by atoms with Gasteiger partial charge in [0.2, 0.25) is 11.1 Å². The number of aromatic nitrogens is 3. The van der Waals surface area contributed by atoms with Crippen LogP contribution >= 0.6 is 11.8 Å². The van der Waals surface area contributed by atoms with Crippen molar-refractivity contribution in [3.63, 3.8) is 0 Å². The fourth-order valence-electron chi connectivity index (χ4n) is 2.98. The SMILES string of the molecule is Nn1c(S[C@H](C(=O)Nc2cccc(C(F)(F)F)c2)c2ccccc2)nnc1C1CC1. The highest BCUT2D eigenvalue weighted by molar-refractivity contribution is 8.00. The summed E-state index contributed by atoms with van der Waals surface area (Å²) in [5.74, 6) is 6.57. The second kappa shape index (κ2) is 8.02. The first-order valence-corrected chi connectivity index (χ1v) is 10.1. The van der Waals surface area contributed by atoms with Gasteiger partial charge in [-0.05, 0) is 36.6 Å². The predicted molar refractivity (Wildman–Crippen MR) is 107 cm³/mol. The van der Waals surface area contributed by atoms with Crippen molar-refractivity contribution >= 4 is 23.4 Å². The lowest BCUT2D eigenvalue weighted by Gasteiger charge is -2.17. The summed E-state index contributed by atoms with van der Waals surface area (Å²) >= 11 is 1.10. The third-order valence-corrected chi connectivity index (χ3v) is 5.87. The van der Waals surface area contributed by atoms with Crippen molar-refractivity contribution < 1.29 is 18.0 Å². The maximum atomic E-state index is 13.0. The van der Waals surface area contributed by atoms with Crippen LogP contribution in [0.5, 0.6) is 0 Å². The van der Waals surface area contributed by atoms with Crippen LogP contribution in [-0.4, -0.2) is 20.8 Å². The zero-order chi connectivity index (χ0) is 21.3. The molecule has 1 aliphatic rings. The van der Waals surface area contributed by atoms with E-state index in [0.717, 1.165) is 36.7 Å². The number of benzene rings is 2. The van der Waals surface area contributed by atoms with E-state index in [4.69, 9.17) is 5.84 Å². The van der Waals surface area contributed by atoms with Crippen LogP contribution in [0.2, 0.25) is 0 Å². The Bertz CT molecular complexity index is 1050. The average Bonchev–Trinajstić information content (AvgIpc) is 3.49. The number of nitrogens with two attached hydrogens (primary N) is 1. The van der Waals surface area contributed by atoms with Crippen molar-refractivity contribution in [1.82, 2.24) is 14.9 Å². The summed E-state index contributed by atoms with van der Waals surface area (Å²) < 4.78 is 40.3. The minimum atomic E-state index is -4.50. The highest BCUT2D eigenvalue weighted by Crippen LogP contribution is 2.41. The molecule has 0 saturated heterocycles. The van der Waals surface area contributed by atoms with E-state index in [2.05, 4.69) is 15.5 Å². The topological polar surface area (TPSA) is 85.8 Å². The number of hydrogen-bond donors (Lipinski definition) is 2. The van der Waals surface area contributed by atoms with Gasteiger partial charge < -0.3 is 11.2 Å². The molecule has 1 atom stereocenters. The number of carbonyl (C=O) groups is 1. The van der Waals surface area contributed by atoms with Crippen LogP contribution < -0.4 is 11.2 Å². The Morgan fingerprint density at radius 2 is 1.87 bits per heavy atom. The Morgan fingerprint density at radius 1 is 1.13 bits per heavy atom. The lowest BCUT2D eigenvalue weighted by atomic mass is 10.1. The molecule has 1 heterocycles. The molecule has 3 aromatic rings. The number of amides is 1. The fourth-order valence-corrected chi connectivity index (χ4v) is 3.94. The smallest absolute Gasteiger partial charge is 0.336 e. The molecule has 2 aromatic carbocycles. The van der Waals surface area contributed by atoms with Crippen LogP contribution in [0.3, 0.4) is 0 Å². The van der Waals surface area contributed by atoms with Gasteiger partial charge in [0.25, 0.3) is 0 Å². The molecule has 1 fully saturated rings. The minimum Gasteiger partial charge on any atom is -0.336 e. The Morgan fingerprint density at radius 3 is 2.53 bits per heavy atom. The van der Waals surface area contributed by atoms with E-state index in [1.54, 1.807) is 24.3 Å². The number of halogens is 3. The van der Waals surface area contributed by atoms with Crippen molar-refractivity contribution in [2.45, 2.75) is 35.3 Å². The van der Waals surface area contributed by atoms with E-state index in [9.17, 15) is 18.0 Å². The molecule has 6 nitrogen and oxygen atoms in total. The van der Waals surface area contributed by atoms with Crippen molar-refractivity contribution in [2.24, 2.45) is 0 Å². The van der Waals surface area contributed by atoms with E-state index >= 15 is 0 Å². The Hall–Kier alpha value is -3.01. The van der Waals surface area contributed by atoms with Crippen LogP contribution in [0.15, 0.2) is 59.8 Å². The van der Waals surface area contributed by atoms with Crippen LogP contribution in [0, 0.1) is 0 Å². The van der Waals surface area contributed by atoms with Gasteiger partial charge in [0, 0.05) is 11.6 Å². The Labute approximate surface area is 174 Å². The minimum absolute atomic E-state index is 0.0595. The zero-order valence-electron chi connectivity index (χ0n) is 15.6. The van der Waals surface area contributed by atoms with Gasteiger partial charge in [-0.15, -0.1) is 10.2 Å². The summed E-state index contributed by atoms with van der Waals surface area (Å²) in [7, 11) is 0. The number of rotatable bonds is 6. The molecule has 0 bridgehead atoms. The lowest BCUT2D eigenvalue weighted by molar-refractivity contribution is -0.137. The molecule has 3 N–H and O–H groups in total. The molecule has 30 heavy (non-hydrogen) atoms. The van der Waals surface area contributed by atoms with Gasteiger partial charge in [0.15, 0.2) is 5.82 Å². The molecule has 1 saturated carbocycles. The van der Waals surface area contributed by atoms with Gasteiger partial charge in [-0.3, -0.25) is 4.79 Å². The molecular weight excluding hydrogens is 415 g/mol. The zero-order valence-corrected chi connectivity index (χ0v) is 16.5. The van der Waals surface area contributed by atoms with Crippen molar-refractivity contribution in [3.8, 4) is 0 Å². The molecule has 0 aliphatic heterocycles. The van der Waals surface area contributed by atoms with Crippen molar-refractivity contribution in [3.05, 3.63) is 71.5 Å². The molecule has 156 valence electrons. The number of nitrogens with one attached hydrogen (secondary N) is 1. The van der Waals surface area contributed by atoms with Gasteiger partial charge in [0.05, 0.1) is 5.56 Å². The van der Waals surface area contributed by atoms with Crippen molar-refractivity contribution in [2.75, 3.05) is 11.2 Å². The van der Waals surface area contributed by atoms with Gasteiger partial charge in [-0.1, -0.05) is 48.2 Å². The Balaban J connectivity index is 1.59. The highest BCUT2D eigenvalue weighted by Gasteiger charge is 2.33. The molecule has 10 heteroatoms. The molecule has 0 unspecified atom stereocenters. The fraction of sp³-hybridized carbons (Fsp3) is 0.250. The number of alkyl halides is 3. The molecular formula is C20H18F3N5OS. The lowest BCUT2D eigenvalue weighted by Crippen LogP contribution is -2.21. The second-order valence-corrected chi connectivity index (χ2v) is 8.03. The summed E-state index contributed by atoms with van der Waals surface area (Å²) in [5, 5.41) is 10.4. The molecule has 0 radical (unpaired) electrons. The van der Waals surface area contributed by atoms with Gasteiger partial charge in [0.1, 0.15) is 5.25 Å². The van der Waals surface area contributed by atoms with Crippen LogP contribution in [-0.2, 0) is 11.0 Å². The quantitative estimate of drug-likeness (QED) is 0.446. The summed E-state index contributed by atoms with van der Waals surface area (Å²) in [5.41, 5.74) is -0.104. The number of thioether (sulfide) groups is 1. The first-order chi connectivity index (χ1) is 14.3. The van der Waals surface area contributed by atoms with Gasteiger partial charge in [-0.25, -0.2) is 4.68 Å². The third-order valence-electron chi connectivity index (χ3n) is 4.65. The largest absolute Gasteiger partial charge is 0.416 e. The number of nitrogens with zero attached hydrogens (tertiary/aromatic N) is 3. The number of nitrogen functional groups attached to an aromatic ring is 1.